The Morgan fingerprint density at radius 1 is 0.897 bits per heavy atom. The zero-order valence-electron chi connectivity index (χ0n) is 20.8. The van der Waals surface area contributed by atoms with E-state index in [9.17, 15) is 22.8 Å². The van der Waals surface area contributed by atoms with E-state index in [0.29, 0.717) is 22.7 Å². The lowest BCUT2D eigenvalue weighted by Crippen LogP contribution is -2.50. The highest BCUT2D eigenvalue weighted by atomic mass is 19.4. The first kappa shape index (κ1) is 26.0. The van der Waals surface area contributed by atoms with Crippen LogP contribution in [-0.2, 0) is 11.7 Å². The van der Waals surface area contributed by atoms with E-state index in [-0.39, 0.29) is 23.3 Å². The van der Waals surface area contributed by atoms with Gasteiger partial charge in [-0.05, 0) is 92.4 Å². The van der Waals surface area contributed by atoms with Crippen LogP contribution in [0.25, 0.3) is 0 Å². The molecule has 4 aromatic rings. The molecular weight excluding hydrogens is 511 g/mol. The standard InChI is InChI=1S/C29H24F3N3O4/c1-18-25(38-17-33-18)27(37)35-28(15-2-16-28)20-5-9-22(10-6-20)34-26(36)19-3-11-23(12-4-19)39-24-13-7-21(8-14-24)29(30,31)32/h3-14,17H,2,15-16H2,1H3,(H,34,36)(H,35,37). The Morgan fingerprint density at radius 3 is 2.03 bits per heavy atom. The van der Waals surface area contributed by atoms with E-state index in [2.05, 4.69) is 15.6 Å². The van der Waals surface area contributed by atoms with Gasteiger partial charge in [0.1, 0.15) is 11.5 Å². The highest BCUT2D eigenvalue weighted by Crippen LogP contribution is 2.42. The second-order valence-electron chi connectivity index (χ2n) is 9.34. The fraction of sp³-hybridized carbons (Fsp3) is 0.207. The summed E-state index contributed by atoms with van der Waals surface area (Å²) in [5.74, 6) is 0.172. The smallest absolute Gasteiger partial charge is 0.416 e. The second kappa shape index (κ2) is 10.3. The van der Waals surface area contributed by atoms with E-state index in [1.807, 2.05) is 12.1 Å². The average Bonchev–Trinajstić information content (AvgIpc) is 3.33. The highest BCUT2D eigenvalue weighted by molar-refractivity contribution is 6.04. The van der Waals surface area contributed by atoms with Crippen molar-refractivity contribution in [3.05, 3.63) is 107 Å². The molecule has 1 saturated carbocycles. The Morgan fingerprint density at radius 2 is 1.51 bits per heavy atom. The Bertz CT molecular complexity index is 1470. The lowest BCUT2D eigenvalue weighted by atomic mass is 9.71. The molecule has 2 amide bonds. The van der Waals surface area contributed by atoms with Crippen LogP contribution >= 0.6 is 0 Å². The van der Waals surface area contributed by atoms with Gasteiger partial charge in [-0.15, -0.1) is 0 Å². The molecule has 2 N–H and O–H groups in total. The number of benzene rings is 3. The fourth-order valence-electron chi connectivity index (χ4n) is 4.41. The summed E-state index contributed by atoms with van der Waals surface area (Å²) in [6, 6.07) is 17.9. The molecule has 0 aliphatic heterocycles. The van der Waals surface area contributed by atoms with E-state index >= 15 is 0 Å². The Labute approximate surface area is 222 Å². The number of aromatic nitrogens is 1. The average molecular weight is 536 g/mol. The molecule has 39 heavy (non-hydrogen) atoms. The lowest BCUT2D eigenvalue weighted by molar-refractivity contribution is -0.137. The number of oxazole rings is 1. The first-order valence-corrected chi connectivity index (χ1v) is 12.2. The number of nitrogens with one attached hydrogen (secondary N) is 2. The Kier molecular flexibility index (Phi) is 6.86. The second-order valence-corrected chi connectivity index (χ2v) is 9.34. The van der Waals surface area contributed by atoms with Gasteiger partial charge in [0.05, 0.1) is 16.8 Å². The van der Waals surface area contributed by atoms with Crippen molar-refractivity contribution in [1.82, 2.24) is 10.3 Å². The van der Waals surface area contributed by atoms with Gasteiger partial charge in [-0.2, -0.15) is 13.2 Å². The third-order valence-corrected chi connectivity index (χ3v) is 6.74. The summed E-state index contributed by atoms with van der Waals surface area (Å²) < 4.78 is 49.0. The molecular formula is C29H24F3N3O4. The van der Waals surface area contributed by atoms with Crippen LogP contribution in [0.2, 0.25) is 0 Å². The van der Waals surface area contributed by atoms with Crippen LogP contribution in [0.5, 0.6) is 11.5 Å². The van der Waals surface area contributed by atoms with E-state index in [0.717, 1.165) is 37.0 Å². The summed E-state index contributed by atoms with van der Waals surface area (Å²) in [4.78, 5) is 29.4. The first-order valence-electron chi connectivity index (χ1n) is 12.2. The number of anilines is 1. The molecule has 1 aliphatic rings. The number of carbonyl (C=O) groups is 2. The number of ether oxygens (including phenoxy) is 1. The number of halogens is 3. The largest absolute Gasteiger partial charge is 0.457 e. The molecule has 1 fully saturated rings. The van der Waals surface area contributed by atoms with Gasteiger partial charge in [-0.1, -0.05) is 12.1 Å². The number of nitrogens with zero attached hydrogens (tertiary/aromatic N) is 1. The summed E-state index contributed by atoms with van der Waals surface area (Å²) in [5.41, 5.74) is 1.16. The predicted molar refractivity (Wildman–Crippen MR) is 137 cm³/mol. The van der Waals surface area contributed by atoms with Crippen LogP contribution in [-0.4, -0.2) is 16.8 Å². The van der Waals surface area contributed by atoms with Gasteiger partial charge in [0.2, 0.25) is 5.76 Å². The van der Waals surface area contributed by atoms with Gasteiger partial charge in [0.25, 0.3) is 11.8 Å². The SMILES string of the molecule is Cc1ncoc1C(=O)NC1(c2ccc(NC(=O)c3ccc(Oc4ccc(C(F)(F)F)cc4)cc3)cc2)CCC1. The van der Waals surface area contributed by atoms with Gasteiger partial charge in [-0.3, -0.25) is 9.59 Å². The lowest BCUT2D eigenvalue weighted by Gasteiger charge is -2.43. The van der Waals surface area contributed by atoms with Gasteiger partial charge in [0, 0.05) is 11.3 Å². The van der Waals surface area contributed by atoms with Crippen molar-refractivity contribution in [2.24, 2.45) is 0 Å². The topological polar surface area (TPSA) is 93.5 Å². The summed E-state index contributed by atoms with van der Waals surface area (Å²) >= 11 is 0. The molecule has 0 bridgehead atoms. The predicted octanol–water partition coefficient (Wildman–Crippen LogP) is 6.86. The van der Waals surface area contributed by atoms with E-state index in [1.165, 1.54) is 18.5 Å². The minimum absolute atomic E-state index is 0.195. The van der Waals surface area contributed by atoms with Crippen molar-refractivity contribution in [1.29, 1.82) is 0 Å². The van der Waals surface area contributed by atoms with E-state index in [1.54, 1.807) is 43.3 Å². The zero-order chi connectivity index (χ0) is 27.6. The van der Waals surface area contributed by atoms with Gasteiger partial charge in [-0.25, -0.2) is 4.98 Å². The fourth-order valence-corrected chi connectivity index (χ4v) is 4.41. The third kappa shape index (κ3) is 5.64. The molecule has 7 nitrogen and oxygen atoms in total. The van der Waals surface area contributed by atoms with E-state index in [4.69, 9.17) is 9.15 Å². The minimum Gasteiger partial charge on any atom is -0.457 e. The molecule has 1 aliphatic carbocycles. The van der Waals surface area contributed by atoms with Crippen molar-refractivity contribution >= 4 is 17.5 Å². The van der Waals surface area contributed by atoms with Crippen molar-refractivity contribution in [2.45, 2.75) is 37.9 Å². The van der Waals surface area contributed by atoms with Crippen LogP contribution in [0, 0.1) is 6.92 Å². The monoisotopic (exact) mass is 535 g/mol. The quantitative estimate of drug-likeness (QED) is 0.270. The number of rotatable bonds is 7. The van der Waals surface area contributed by atoms with Crippen LogP contribution in [0.4, 0.5) is 18.9 Å². The summed E-state index contributed by atoms with van der Waals surface area (Å²) in [6.45, 7) is 1.71. The van der Waals surface area contributed by atoms with Crippen molar-refractivity contribution in [3.63, 3.8) is 0 Å². The summed E-state index contributed by atoms with van der Waals surface area (Å²) in [7, 11) is 0. The normalized spacial score (nSPS) is 14.3. The number of alkyl halides is 3. The van der Waals surface area contributed by atoms with E-state index < -0.39 is 17.3 Å². The maximum absolute atomic E-state index is 12.7. The van der Waals surface area contributed by atoms with Crippen LogP contribution in [0.1, 0.15) is 57.0 Å². The first-order chi connectivity index (χ1) is 18.6. The minimum atomic E-state index is -4.42. The van der Waals surface area contributed by atoms with Gasteiger partial charge < -0.3 is 19.8 Å². The molecule has 10 heteroatoms. The molecule has 200 valence electrons. The molecule has 0 saturated heterocycles. The Hall–Kier alpha value is -4.60. The summed E-state index contributed by atoms with van der Waals surface area (Å²) in [5, 5.41) is 5.92. The molecule has 5 rings (SSSR count). The number of hydrogen-bond donors (Lipinski definition) is 2. The molecule has 3 aromatic carbocycles. The third-order valence-electron chi connectivity index (χ3n) is 6.74. The van der Waals surface area contributed by atoms with Crippen LogP contribution in [0.15, 0.2) is 83.6 Å². The van der Waals surface area contributed by atoms with Crippen molar-refractivity contribution < 1.29 is 31.9 Å². The van der Waals surface area contributed by atoms with Crippen molar-refractivity contribution in [2.75, 3.05) is 5.32 Å². The summed E-state index contributed by atoms with van der Waals surface area (Å²) in [6.07, 6.45) is -0.612. The number of carbonyl (C=O) groups excluding carboxylic acids is 2. The van der Waals surface area contributed by atoms with Gasteiger partial charge in [0.15, 0.2) is 6.39 Å². The molecule has 0 atom stereocenters. The molecule has 0 unspecified atom stereocenters. The van der Waals surface area contributed by atoms with Crippen LogP contribution in [0.3, 0.4) is 0 Å². The van der Waals surface area contributed by atoms with Crippen molar-refractivity contribution in [3.8, 4) is 11.5 Å². The highest BCUT2D eigenvalue weighted by Gasteiger charge is 2.41. The number of amides is 2. The number of hydrogen-bond acceptors (Lipinski definition) is 5. The Balaban J connectivity index is 1.20. The van der Waals surface area contributed by atoms with Gasteiger partial charge >= 0.3 is 6.18 Å². The number of aryl methyl sites for hydroxylation is 1. The maximum atomic E-state index is 12.7. The molecule has 1 aromatic heterocycles. The molecule has 0 spiro atoms. The zero-order valence-corrected chi connectivity index (χ0v) is 20.8. The maximum Gasteiger partial charge on any atom is 0.416 e. The van der Waals surface area contributed by atoms with Crippen LogP contribution < -0.4 is 15.4 Å². The molecule has 1 heterocycles. The molecule has 0 radical (unpaired) electrons.